The van der Waals surface area contributed by atoms with E-state index in [1.807, 2.05) is 35.7 Å². The van der Waals surface area contributed by atoms with Crippen LogP contribution in [0.25, 0.3) is 0 Å². The van der Waals surface area contributed by atoms with Crippen LogP contribution in [0.1, 0.15) is 11.3 Å². The molecule has 2 heterocycles. The van der Waals surface area contributed by atoms with Gasteiger partial charge in [-0.05, 0) is 23.6 Å². The molecule has 0 aliphatic carbocycles. The number of carbonyl (C=O) groups is 2. The van der Waals surface area contributed by atoms with E-state index in [0.717, 1.165) is 4.88 Å². The lowest BCUT2D eigenvalue weighted by molar-refractivity contribution is -0.119. The Bertz CT molecular complexity index is 680. The van der Waals surface area contributed by atoms with Crippen LogP contribution in [0.3, 0.4) is 0 Å². The number of nitrogens with zero attached hydrogens (tertiary/aromatic N) is 2. The lowest BCUT2D eigenvalue weighted by atomic mass is 10.3. The molecule has 0 atom stereocenters. The van der Waals surface area contributed by atoms with E-state index in [-0.39, 0.29) is 18.2 Å². The van der Waals surface area contributed by atoms with Gasteiger partial charge < -0.3 is 5.32 Å². The van der Waals surface area contributed by atoms with Gasteiger partial charge in [0.25, 0.3) is 5.91 Å². The van der Waals surface area contributed by atoms with E-state index >= 15 is 0 Å². The van der Waals surface area contributed by atoms with Crippen LogP contribution in [-0.2, 0) is 16.0 Å². The standard InChI is InChI=1S/C15H13N3O2S/c19-14(9-12-7-4-8-21-12)16-13-10-15(20)18(17-13)11-5-2-1-3-6-11/h1-8H,9-10H2,(H,16,17,19). The maximum atomic E-state index is 11.9. The van der Waals surface area contributed by atoms with Crippen LogP contribution in [0.2, 0.25) is 0 Å². The molecule has 21 heavy (non-hydrogen) atoms. The SMILES string of the molecule is O=C(Cc1cccs1)NC1=NN(c2ccccc2)C(=O)C1. The quantitative estimate of drug-likeness (QED) is 0.944. The Morgan fingerprint density at radius 3 is 2.76 bits per heavy atom. The summed E-state index contributed by atoms with van der Waals surface area (Å²) in [5, 5.41) is 10.1. The second kappa shape index (κ2) is 5.88. The lowest BCUT2D eigenvalue weighted by Crippen LogP contribution is -2.30. The van der Waals surface area contributed by atoms with Gasteiger partial charge in [0.15, 0.2) is 0 Å². The van der Waals surface area contributed by atoms with Crippen molar-refractivity contribution >= 4 is 34.7 Å². The van der Waals surface area contributed by atoms with E-state index in [2.05, 4.69) is 10.4 Å². The first-order valence-corrected chi connectivity index (χ1v) is 7.38. The summed E-state index contributed by atoms with van der Waals surface area (Å²) >= 11 is 1.53. The first-order chi connectivity index (χ1) is 10.2. The zero-order valence-corrected chi connectivity index (χ0v) is 12.0. The summed E-state index contributed by atoms with van der Waals surface area (Å²) in [7, 11) is 0. The van der Waals surface area contributed by atoms with E-state index in [0.29, 0.717) is 17.9 Å². The number of hydrogen-bond acceptors (Lipinski definition) is 4. The van der Waals surface area contributed by atoms with Gasteiger partial charge in [0.1, 0.15) is 5.84 Å². The summed E-state index contributed by atoms with van der Waals surface area (Å²) in [6.45, 7) is 0. The second-order valence-electron chi connectivity index (χ2n) is 4.57. The van der Waals surface area contributed by atoms with Crippen molar-refractivity contribution in [3.8, 4) is 0 Å². The van der Waals surface area contributed by atoms with Gasteiger partial charge in [-0.25, -0.2) is 0 Å². The number of rotatable bonds is 3. The summed E-state index contributed by atoms with van der Waals surface area (Å²) in [6.07, 6.45) is 0.418. The first kappa shape index (κ1) is 13.5. The van der Waals surface area contributed by atoms with Crippen LogP contribution in [-0.4, -0.2) is 17.6 Å². The molecule has 3 rings (SSSR count). The maximum Gasteiger partial charge on any atom is 0.255 e. The van der Waals surface area contributed by atoms with Crippen molar-refractivity contribution in [2.24, 2.45) is 5.10 Å². The molecule has 0 saturated carbocycles. The number of benzene rings is 1. The molecule has 0 unspecified atom stereocenters. The smallest absolute Gasteiger partial charge is 0.255 e. The third-order valence-corrected chi connectivity index (χ3v) is 3.85. The fourth-order valence-corrected chi connectivity index (χ4v) is 2.75. The highest BCUT2D eigenvalue weighted by Crippen LogP contribution is 2.19. The molecule has 0 spiro atoms. The van der Waals surface area contributed by atoms with Crippen molar-refractivity contribution in [1.82, 2.24) is 5.32 Å². The molecule has 0 fully saturated rings. The summed E-state index contributed by atoms with van der Waals surface area (Å²) in [5.74, 6) is 0.0944. The van der Waals surface area contributed by atoms with Gasteiger partial charge in [-0.2, -0.15) is 10.1 Å². The number of anilines is 1. The van der Waals surface area contributed by atoms with Crippen molar-refractivity contribution < 1.29 is 9.59 Å². The number of nitrogens with one attached hydrogen (secondary N) is 1. The van der Waals surface area contributed by atoms with E-state index < -0.39 is 0 Å². The van der Waals surface area contributed by atoms with E-state index in [9.17, 15) is 9.59 Å². The largest absolute Gasteiger partial charge is 0.312 e. The molecule has 0 bridgehead atoms. The van der Waals surface area contributed by atoms with Gasteiger partial charge in [0.05, 0.1) is 18.5 Å². The fourth-order valence-electron chi connectivity index (χ4n) is 2.05. The zero-order valence-electron chi connectivity index (χ0n) is 11.2. The van der Waals surface area contributed by atoms with Gasteiger partial charge in [-0.15, -0.1) is 11.3 Å². The van der Waals surface area contributed by atoms with Crippen LogP contribution in [0.4, 0.5) is 5.69 Å². The third kappa shape index (κ3) is 3.17. The normalized spacial score (nSPS) is 14.2. The second-order valence-corrected chi connectivity index (χ2v) is 5.60. The highest BCUT2D eigenvalue weighted by molar-refractivity contribution is 7.10. The van der Waals surface area contributed by atoms with Gasteiger partial charge in [-0.1, -0.05) is 24.3 Å². The van der Waals surface area contributed by atoms with E-state index in [1.54, 1.807) is 12.1 Å². The molecule has 2 amide bonds. The first-order valence-electron chi connectivity index (χ1n) is 6.50. The summed E-state index contributed by atoms with van der Waals surface area (Å²) in [6, 6.07) is 13.0. The average molecular weight is 299 g/mol. The van der Waals surface area contributed by atoms with Crippen LogP contribution in [0.15, 0.2) is 52.9 Å². The topological polar surface area (TPSA) is 61.8 Å². The molecule has 106 valence electrons. The molecule has 1 aromatic heterocycles. The molecular weight excluding hydrogens is 286 g/mol. The Balaban J connectivity index is 1.66. The Labute approximate surface area is 125 Å². The molecule has 0 radical (unpaired) electrons. The molecule has 2 aromatic rings. The van der Waals surface area contributed by atoms with Crippen molar-refractivity contribution in [3.63, 3.8) is 0 Å². The number of amidine groups is 1. The summed E-state index contributed by atoms with van der Waals surface area (Å²) in [4.78, 5) is 24.8. The minimum atomic E-state index is -0.154. The molecule has 1 N–H and O–H groups in total. The van der Waals surface area contributed by atoms with Gasteiger partial charge in [0.2, 0.25) is 5.91 Å². The Morgan fingerprint density at radius 1 is 1.24 bits per heavy atom. The Morgan fingerprint density at radius 2 is 2.05 bits per heavy atom. The average Bonchev–Trinajstić information content (AvgIpc) is 3.09. The number of hydrogen-bond donors (Lipinski definition) is 1. The summed E-state index contributed by atoms with van der Waals surface area (Å²) < 4.78 is 0. The Hall–Kier alpha value is -2.47. The predicted molar refractivity (Wildman–Crippen MR) is 82.1 cm³/mol. The van der Waals surface area contributed by atoms with Crippen LogP contribution >= 0.6 is 11.3 Å². The van der Waals surface area contributed by atoms with Gasteiger partial charge in [-0.3, -0.25) is 9.59 Å². The Kier molecular flexibility index (Phi) is 3.79. The number of amides is 2. The van der Waals surface area contributed by atoms with Gasteiger partial charge >= 0.3 is 0 Å². The van der Waals surface area contributed by atoms with E-state index in [1.165, 1.54) is 16.3 Å². The van der Waals surface area contributed by atoms with Crippen molar-refractivity contribution in [2.45, 2.75) is 12.8 Å². The molecule has 1 aliphatic rings. The molecular formula is C15H13N3O2S. The number of thiophene rings is 1. The van der Waals surface area contributed by atoms with Crippen molar-refractivity contribution in [3.05, 3.63) is 52.7 Å². The molecule has 1 aliphatic heterocycles. The predicted octanol–water partition coefficient (Wildman–Crippen LogP) is 2.16. The maximum absolute atomic E-state index is 11.9. The van der Waals surface area contributed by atoms with Crippen LogP contribution in [0.5, 0.6) is 0 Å². The molecule has 6 heteroatoms. The van der Waals surface area contributed by atoms with Crippen molar-refractivity contribution in [1.29, 1.82) is 0 Å². The molecule has 1 aromatic carbocycles. The fraction of sp³-hybridized carbons (Fsp3) is 0.133. The number of hydrazone groups is 1. The van der Waals surface area contributed by atoms with Gasteiger partial charge in [0, 0.05) is 4.88 Å². The zero-order chi connectivity index (χ0) is 14.7. The number of para-hydroxylation sites is 1. The molecule has 0 saturated heterocycles. The minimum Gasteiger partial charge on any atom is -0.312 e. The lowest BCUT2D eigenvalue weighted by Gasteiger charge is -2.10. The minimum absolute atomic E-state index is 0.116. The monoisotopic (exact) mass is 299 g/mol. The third-order valence-electron chi connectivity index (χ3n) is 2.97. The highest BCUT2D eigenvalue weighted by Gasteiger charge is 2.26. The van der Waals surface area contributed by atoms with Crippen LogP contribution < -0.4 is 10.3 Å². The van der Waals surface area contributed by atoms with Crippen molar-refractivity contribution in [2.75, 3.05) is 5.01 Å². The molecule has 5 nitrogen and oxygen atoms in total. The number of carbonyl (C=O) groups excluding carboxylic acids is 2. The summed E-state index contributed by atoms with van der Waals surface area (Å²) in [5.41, 5.74) is 0.699. The van der Waals surface area contributed by atoms with Crippen LogP contribution in [0, 0.1) is 0 Å². The van der Waals surface area contributed by atoms with E-state index in [4.69, 9.17) is 0 Å². The highest BCUT2D eigenvalue weighted by atomic mass is 32.1.